The van der Waals surface area contributed by atoms with Crippen molar-refractivity contribution < 1.29 is 23.1 Å². The predicted octanol–water partition coefficient (Wildman–Crippen LogP) is 6.12. The van der Waals surface area contributed by atoms with Gasteiger partial charge in [-0.1, -0.05) is 30.2 Å². The molecule has 0 radical (unpaired) electrons. The summed E-state index contributed by atoms with van der Waals surface area (Å²) in [6, 6.07) is 8.41. The van der Waals surface area contributed by atoms with Crippen molar-refractivity contribution in [3.63, 3.8) is 0 Å². The molecule has 0 bridgehead atoms. The summed E-state index contributed by atoms with van der Waals surface area (Å²) in [6.45, 7) is 4.02. The van der Waals surface area contributed by atoms with E-state index in [1.54, 1.807) is 6.07 Å². The number of aromatic nitrogens is 2. The lowest BCUT2D eigenvalue weighted by atomic mass is 9.95. The van der Waals surface area contributed by atoms with Crippen molar-refractivity contribution in [2.24, 2.45) is 0 Å². The van der Waals surface area contributed by atoms with Crippen LogP contribution in [0.3, 0.4) is 0 Å². The highest BCUT2D eigenvalue weighted by atomic mass is 35.5. The average Bonchev–Trinajstić information content (AvgIpc) is 2.88. The van der Waals surface area contributed by atoms with E-state index in [1.165, 1.54) is 37.5 Å². The molecule has 2 fully saturated rings. The zero-order valence-electron chi connectivity index (χ0n) is 20.3. The number of nitrogens with zero attached hydrogens (tertiary/aromatic N) is 4. The zero-order chi connectivity index (χ0) is 26.2. The van der Waals surface area contributed by atoms with Crippen LogP contribution in [0.15, 0.2) is 36.4 Å². The van der Waals surface area contributed by atoms with Gasteiger partial charge in [0.05, 0.1) is 22.3 Å². The summed E-state index contributed by atoms with van der Waals surface area (Å²) in [5.74, 6) is -1.21. The first-order valence-corrected chi connectivity index (χ1v) is 12.9. The fourth-order valence-corrected chi connectivity index (χ4v) is 5.71. The first-order valence-electron chi connectivity index (χ1n) is 12.6. The number of pyridine rings is 2. The molecule has 0 unspecified atom stereocenters. The number of carbonyl (C=O) groups is 1. The van der Waals surface area contributed by atoms with E-state index in [2.05, 4.69) is 19.8 Å². The largest absolute Gasteiger partial charge is 0.478 e. The van der Waals surface area contributed by atoms with Crippen molar-refractivity contribution in [1.82, 2.24) is 19.8 Å². The maximum absolute atomic E-state index is 13.5. The highest BCUT2D eigenvalue weighted by Gasteiger charge is 2.32. The molecule has 0 spiro atoms. The molecule has 2 aliphatic heterocycles. The number of rotatable bonds is 5. The number of halogens is 4. The quantitative estimate of drug-likeness (QED) is 0.399. The summed E-state index contributed by atoms with van der Waals surface area (Å²) in [4.78, 5) is 26.1. The second kappa shape index (κ2) is 10.6. The van der Waals surface area contributed by atoms with Crippen LogP contribution in [0.2, 0.25) is 5.15 Å². The van der Waals surface area contributed by atoms with Gasteiger partial charge in [0.15, 0.2) is 0 Å². The number of alkyl halides is 3. The number of fused-ring (bicyclic) bond motifs is 1. The summed E-state index contributed by atoms with van der Waals surface area (Å²) in [7, 11) is 0. The fourth-order valence-electron chi connectivity index (χ4n) is 5.57. The van der Waals surface area contributed by atoms with Gasteiger partial charge in [0, 0.05) is 23.7 Å². The molecule has 0 aliphatic carbocycles. The van der Waals surface area contributed by atoms with Crippen molar-refractivity contribution in [2.75, 3.05) is 26.2 Å². The van der Waals surface area contributed by atoms with E-state index < -0.39 is 17.7 Å². The van der Waals surface area contributed by atoms with Crippen LogP contribution in [-0.4, -0.2) is 63.1 Å². The molecule has 1 N–H and O–H groups in total. The van der Waals surface area contributed by atoms with Gasteiger partial charge in [-0.15, -0.1) is 0 Å². The lowest BCUT2D eigenvalue weighted by molar-refractivity contribution is -0.137. The van der Waals surface area contributed by atoms with Crippen LogP contribution in [0.25, 0.3) is 22.3 Å². The van der Waals surface area contributed by atoms with E-state index in [0.29, 0.717) is 11.6 Å². The van der Waals surface area contributed by atoms with Crippen LogP contribution in [0.4, 0.5) is 13.2 Å². The number of hydrogen-bond donors (Lipinski definition) is 1. The van der Waals surface area contributed by atoms with E-state index in [4.69, 9.17) is 11.6 Å². The maximum atomic E-state index is 13.5. The maximum Gasteiger partial charge on any atom is 0.416 e. The summed E-state index contributed by atoms with van der Waals surface area (Å²) < 4.78 is 40.5. The molecular weight excluding hydrogens is 505 g/mol. The molecule has 4 heterocycles. The molecule has 0 atom stereocenters. The zero-order valence-corrected chi connectivity index (χ0v) is 21.0. The number of piperidine rings is 2. The molecule has 3 aromatic rings. The van der Waals surface area contributed by atoms with Crippen molar-refractivity contribution >= 4 is 28.6 Å². The van der Waals surface area contributed by atoms with Gasteiger partial charge in [-0.2, -0.15) is 13.2 Å². The molecule has 0 saturated carbocycles. The Morgan fingerprint density at radius 3 is 2.43 bits per heavy atom. The number of aromatic carboxylic acids is 1. The second-order valence-electron chi connectivity index (χ2n) is 9.80. The van der Waals surface area contributed by atoms with Gasteiger partial charge < -0.3 is 10.0 Å². The Morgan fingerprint density at radius 1 is 1.03 bits per heavy atom. The van der Waals surface area contributed by atoms with Crippen LogP contribution in [0, 0.1) is 0 Å². The summed E-state index contributed by atoms with van der Waals surface area (Å²) in [5, 5.41) is 10.4. The van der Waals surface area contributed by atoms with Crippen LogP contribution in [0.5, 0.6) is 0 Å². The third kappa shape index (κ3) is 5.58. The number of hydrogen-bond acceptors (Lipinski definition) is 5. The van der Waals surface area contributed by atoms with Gasteiger partial charge >= 0.3 is 12.1 Å². The van der Waals surface area contributed by atoms with E-state index >= 15 is 0 Å². The Morgan fingerprint density at radius 2 is 1.76 bits per heavy atom. The van der Waals surface area contributed by atoms with Gasteiger partial charge in [0.1, 0.15) is 10.7 Å². The second-order valence-corrected chi connectivity index (χ2v) is 10.2. The fraction of sp³-hybridized carbons (Fsp3) is 0.444. The van der Waals surface area contributed by atoms with Crippen molar-refractivity contribution in [1.29, 1.82) is 0 Å². The molecule has 5 rings (SSSR count). The Kier molecular flexibility index (Phi) is 7.38. The molecular formula is C27H28ClF3N4O2. The smallest absolute Gasteiger partial charge is 0.416 e. The molecule has 2 aromatic heterocycles. The molecule has 2 aliphatic rings. The molecule has 6 nitrogen and oxygen atoms in total. The lowest BCUT2D eigenvalue weighted by Crippen LogP contribution is -2.46. The lowest BCUT2D eigenvalue weighted by Gasteiger charge is -2.40. The van der Waals surface area contributed by atoms with Gasteiger partial charge in [-0.05, 0) is 76.1 Å². The molecule has 196 valence electrons. The van der Waals surface area contributed by atoms with Crippen LogP contribution in [-0.2, 0) is 12.7 Å². The van der Waals surface area contributed by atoms with Crippen LogP contribution >= 0.6 is 11.6 Å². The highest BCUT2D eigenvalue weighted by molar-refractivity contribution is 6.30. The minimum Gasteiger partial charge on any atom is -0.478 e. The van der Waals surface area contributed by atoms with Crippen molar-refractivity contribution in [2.45, 2.75) is 50.9 Å². The van der Waals surface area contributed by atoms with E-state index in [-0.39, 0.29) is 39.6 Å². The van der Waals surface area contributed by atoms with E-state index in [0.717, 1.165) is 51.2 Å². The third-order valence-electron chi connectivity index (χ3n) is 7.42. The third-order valence-corrected chi connectivity index (χ3v) is 7.63. The Hall–Kier alpha value is -2.75. The van der Waals surface area contributed by atoms with Gasteiger partial charge in [0.25, 0.3) is 0 Å². The Balaban J connectivity index is 1.54. The first-order chi connectivity index (χ1) is 17.7. The predicted molar refractivity (Wildman–Crippen MR) is 136 cm³/mol. The Labute approximate surface area is 218 Å². The summed E-state index contributed by atoms with van der Waals surface area (Å²) in [5.41, 5.74) is 0.302. The number of benzene rings is 1. The van der Waals surface area contributed by atoms with Crippen LogP contribution < -0.4 is 0 Å². The topological polar surface area (TPSA) is 69.6 Å². The number of carboxylic acids is 1. The minimum absolute atomic E-state index is 0.0712. The van der Waals surface area contributed by atoms with E-state index in [9.17, 15) is 23.1 Å². The SMILES string of the molecule is O=C(O)c1c(CN2CCC(N3CCCCC3)CC2)c(-c2cccc(C(F)(F)F)c2)nc2ccc(Cl)nc12. The van der Waals surface area contributed by atoms with Crippen molar-refractivity contribution in [3.05, 3.63) is 58.2 Å². The monoisotopic (exact) mass is 532 g/mol. The average molecular weight is 533 g/mol. The molecule has 1 aromatic carbocycles. The first kappa shape index (κ1) is 25.9. The summed E-state index contributed by atoms with van der Waals surface area (Å²) in [6.07, 6.45) is 1.12. The molecule has 2 saturated heterocycles. The van der Waals surface area contributed by atoms with Crippen LogP contribution in [0.1, 0.15) is 53.6 Å². The Bertz CT molecular complexity index is 1300. The van der Waals surface area contributed by atoms with Crippen molar-refractivity contribution in [3.8, 4) is 11.3 Å². The standard InChI is InChI=1S/C27H28ClF3N4O2/c28-22-8-7-21-25(33-22)23(26(36)37)20(24(32-21)17-5-4-6-18(15-17)27(29,30)31)16-34-13-9-19(10-14-34)35-11-2-1-3-12-35/h4-8,15,19H,1-3,9-14,16H2,(H,36,37). The number of likely N-dealkylation sites (tertiary alicyclic amines) is 2. The van der Waals surface area contributed by atoms with Gasteiger partial charge in [-0.25, -0.2) is 14.8 Å². The van der Waals surface area contributed by atoms with E-state index in [1.807, 2.05) is 0 Å². The normalized spacial score (nSPS) is 18.4. The summed E-state index contributed by atoms with van der Waals surface area (Å²) >= 11 is 6.09. The number of carboxylic acid groups (broad SMARTS) is 1. The molecule has 10 heteroatoms. The minimum atomic E-state index is -4.53. The van der Waals surface area contributed by atoms with Gasteiger partial charge in [-0.3, -0.25) is 4.90 Å². The van der Waals surface area contributed by atoms with Gasteiger partial charge in [0.2, 0.25) is 0 Å². The molecule has 37 heavy (non-hydrogen) atoms. The highest BCUT2D eigenvalue weighted by Crippen LogP contribution is 2.36. The molecule has 0 amide bonds.